The lowest BCUT2D eigenvalue weighted by atomic mass is 10.2. The molecule has 0 unspecified atom stereocenters. The van der Waals surface area contributed by atoms with Gasteiger partial charge in [-0.1, -0.05) is 17.7 Å². The van der Waals surface area contributed by atoms with Gasteiger partial charge in [-0.25, -0.2) is 9.97 Å². The Morgan fingerprint density at radius 2 is 1.93 bits per heavy atom. The van der Waals surface area contributed by atoms with Crippen LogP contribution in [-0.4, -0.2) is 25.7 Å². The minimum absolute atomic E-state index is 0.204. The van der Waals surface area contributed by atoms with Crippen LogP contribution in [0.5, 0.6) is 5.75 Å². The third-order valence-corrected chi connectivity index (χ3v) is 5.68. The number of hydrogen-bond donors (Lipinski definition) is 1. The summed E-state index contributed by atoms with van der Waals surface area (Å²) in [5.41, 5.74) is 4.14. The maximum Gasteiger partial charge on any atom is 0.267 e. The molecule has 4 aromatic rings. The number of rotatable bonds is 5. The summed E-state index contributed by atoms with van der Waals surface area (Å²) in [5, 5.41) is 8.94. The van der Waals surface area contributed by atoms with Gasteiger partial charge in [0.15, 0.2) is 5.65 Å². The van der Waals surface area contributed by atoms with Crippen molar-refractivity contribution in [1.29, 1.82) is 0 Å². The predicted molar refractivity (Wildman–Crippen MR) is 114 cm³/mol. The van der Waals surface area contributed by atoms with Crippen molar-refractivity contribution >= 4 is 34.0 Å². The lowest BCUT2D eigenvalue weighted by Crippen LogP contribution is -2.11. The normalized spacial score (nSPS) is 11.0. The van der Waals surface area contributed by atoms with E-state index in [0.717, 1.165) is 27.5 Å². The van der Waals surface area contributed by atoms with Gasteiger partial charge in [0.1, 0.15) is 22.2 Å². The summed E-state index contributed by atoms with van der Waals surface area (Å²) in [6, 6.07) is 9.73. The number of anilines is 1. The highest BCUT2D eigenvalue weighted by atomic mass is 32.1. The average molecular weight is 407 g/mol. The van der Waals surface area contributed by atoms with E-state index in [0.29, 0.717) is 22.9 Å². The van der Waals surface area contributed by atoms with Gasteiger partial charge < -0.3 is 10.1 Å². The maximum absolute atomic E-state index is 12.8. The van der Waals surface area contributed by atoms with Crippen molar-refractivity contribution in [2.45, 2.75) is 27.4 Å². The highest BCUT2D eigenvalue weighted by Crippen LogP contribution is 2.23. The molecule has 148 valence electrons. The molecule has 0 atom stereocenters. The Bertz CT molecular complexity index is 1190. The van der Waals surface area contributed by atoms with Gasteiger partial charge in [0.05, 0.1) is 23.3 Å². The summed E-state index contributed by atoms with van der Waals surface area (Å²) in [6.07, 6.45) is 1.64. The van der Waals surface area contributed by atoms with Gasteiger partial charge in [0, 0.05) is 12.4 Å². The molecule has 0 bridgehead atoms. The summed E-state index contributed by atoms with van der Waals surface area (Å²) in [4.78, 5) is 22.2. The van der Waals surface area contributed by atoms with Gasteiger partial charge in [-0.05, 0) is 39.0 Å². The zero-order valence-corrected chi connectivity index (χ0v) is 17.5. The Morgan fingerprint density at radius 1 is 1.17 bits per heavy atom. The molecule has 0 aliphatic heterocycles. The molecule has 3 aromatic heterocycles. The number of pyridine rings is 1. The number of fused-ring (bicyclic) bond motifs is 1. The number of aryl methyl sites for hydroxylation is 4. The molecule has 4 rings (SSSR count). The maximum atomic E-state index is 12.8. The molecule has 0 saturated carbocycles. The molecule has 7 nitrogen and oxygen atoms in total. The van der Waals surface area contributed by atoms with Gasteiger partial charge in [-0.15, -0.1) is 11.3 Å². The van der Waals surface area contributed by atoms with Gasteiger partial charge in [0.25, 0.3) is 5.91 Å². The fraction of sp³-hybridized carbons (Fsp3) is 0.238. The van der Waals surface area contributed by atoms with Gasteiger partial charge in [-0.2, -0.15) is 5.10 Å². The Hall–Kier alpha value is -3.26. The van der Waals surface area contributed by atoms with Crippen LogP contribution in [0.2, 0.25) is 0 Å². The largest absolute Gasteiger partial charge is 0.486 e. The summed E-state index contributed by atoms with van der Waals surface area (Å²) in [5.74, 6) is 0.574. The van der Waals surface area contributed by atoms with E-state index in [4.69, 9.17) is 4.74 Å². The van der Waals surface area contributed by atoms with Gasteiger partial charge >= 0.3 is 0 Å². The first kappa shape index (κ1) is 19.1. The number of amides is 1. The quantitative estimate of drug-likeness (QED) is 0.537. The number of aromatic nitrogens is 4. The summed E-state index contributed by atoms with van der Waals surface area (Å²) in [7, 11) is 1.85. The summed E-state index contributed by atoms with van der Waals surface area (Å²) < 4.78 is 7.50. The number of carbonyl (C=O) groups excluding carboxylic acids is 1. The second kappa shape index (κ2) is 7.63. The van der Waals surface area contributed by atoms with Crippen molar-refractivity contribution in [3.05, 3.63) is 63.4 Å². The van der Waals surface area contributed by atoms with Crippen LogP contribution in [0.4, 0.5) is 5.69 Å². The molecule has 0 aliphatic rings. The number of carbonyl (C=O) groups is 1. The number of nitrogens with zero attached hydrogens (tertiary/aromatic N) is 4. The van der Waals surface area contributed by atoms with Crippen molar-refractivity contribution in [1.82, 2.24) is 19.7 Å². The summed E-state index contributed by atoms with van der Waals surface area (Å²) in [6.45, 7) is 6.10. The van der Waals surface area contributed by atoms with Crippen molar-refractivity contribution in [3.8, 4) is 5.75 Å². The summed E-state index contributed by atoms with van der Waals surface area (Å²) >= 11 is 1.34. The predicted octanol–water partition coefficient (Wildman–Crippen LogP) is 4.18. The topological polar surface area (TPSA) is 81.9 Å². The number of thiazole rings is 1. The lowest BCUT2D eigenvalue weighted by Gasteiger charge is -2.04. The fourth-order valence-electron chi connectivity index (χ4n) is 3.07. The molecule has 29 heavy (non-hydrogen) atoms. The Balaban J connectivity index is 1.47. The van der Waals surface area contributed by atoms with Crippen molar-refractivity contribution in [2.24, 2.45) is 7.05 Å². The van der Waals surface area contributed by atoms with Crippen molar-refractivity contribution in [3.63, 3.8) is 0 Å². The van der Waals surface area contributed by atoms with Crippen LogP contribution >= 0.6 is 11.3 Å². The van der Waals surface area contributed by atoms with Gasteiger partial charge in [0.2, 0.25) is 0 Å². The molecule has 1 aromatic carbocycles. The second-order valence-corrected chi connectivity index (χ2v) is 7.97. The molecule has 0 spiro atoms. The number of benzene rings is 1. The van der Waals surface area contributed by atoms with Crippen LogP contribution in [0, 0.1) is 20.8 Å². The molecule has 0 aliphatic carbocycles. The first-order chi connectivity index (χ1) is 13.9. The van der Waals surface area contributed by atoms with E-state index < -0.39 is 0 Å². The minimum Gasteiger partial charge on any atom is -0.486 e. The van der Waals surface area contributed by atoms with Crippen molar-refractivity contribution < 1.29 is 9.53 Å². The Labute approximate surface area is 172 Å². The highest BCUT2D eigenvalue weighted by molar-refractivity contribution is 7.13. The molecule has 1 amide bonds. The van der Waals surface area contributed by atoms with Crippen LogP contribution in [0.25, 0.3) is 11.0 Å². The monoisotopic (exact) mass is 407 g/mol. The number of nitrogens with one attached hydrogen (secondary N) is 1. The van der Waals surface area contributed by atoms with E-state index in [-0.39, 0.29) is 5.91 Å². The van der Waals surface area contributed by atoms with E-state index in [1.54, 1.807) is 10.9 Å². The second-order valence-electron chi connectivity index (χ2n) is 6.88. The molecule has 3 heterocycles. The SMILES string of the molecule is Cc1ccc(OCc2nc(C)c(C(=O)Nc3cnc4c(c3)c(C)nn4C)s2)cc1. The Kier molecular flexibility index (Phi) is 5.02. The number of ether oxygens (including phenoxy) is 1. The van der Waals surface area contributed by atoms with E-state index in [1.807, 2.05) is 58.2 Å². The smallest absolute Gasteiger partial charge is 0.267 e. The number of hydrogen-bond acceptors (Lipinski definition) is 6. The molecule has 8 heteroatoms. The molecule has 0 saturated heterocycles. The third-order valence-electron chi connectivity index (χ3n) is 4.55. The molecule has 0 radical (unpaired) electrons. The molecule has 0 fully saturated rings. The van der Waals surface area contributed by atoms with Crippen LogP contribution in [0.15, 0.2) is 36.5 Å². The first-order valence-corrected chi connectivity index (χ1v) is 9.99. The molecular weight excluding hydrogens is 386 g/mol. The highest BCUT2D eigenvalue weighted by Gasteiger charge is 2.17. The van der Waals surface area contributed by atoms with Crippen molar-refractivity contribution in [2.75, 3.05) is 5.32 Å². The first-order valence-electron chi connectivity index (χ1n) is 9.17. The Morgan fingerprint density at radius 3 is 2.69 bits per heavy atom. The van der Waals surface area contributed by atoms with Gasteiger partial charge in [-0.3, -0.25) is 9.48 Å². The lowest BCUT2D eigenvalue weighted by molar-refractivity contribution is 0.103. The van der Waals surface area contributed by atoms with Crippen LogP contribution in [0.3, 0.4) is 0 Å². The van der Waals surface area contributed by atoms with E-state index in [9.17, 15) is 4.79 Å². The third kappa shape index (κ3) is 3.97. The average Bonchev–Trinajstić information content (AvgIpc) is 3.20. The van der Waals surface area contributed by atoms with Crippen LogP contribution in [0.1, 0.15) is 31.6 Å². The van der Waals surface area contributed by atoms with E-state index >= 15 is 0 Å². The standard InChI is InChI=1S/C21H21N5O2S/c1-12-5-7-16(8-6-12)28-11-18-23-14(3)19(29-18)21(27)24-15-9-17-13(2)25-26(4)20(17)22-10-15/h5-10H,11H2,1-4H3,(H,24,27). The minimum atomic E-state index is -0.204. The van der Waals surface area contributed by atoms with E-state index in [1.165, 1.54) is 16.9 Å². The van der Waals surface area contributed by atoms with Crippen LogP contribution in [-0.2, 0) is 13.7 Å². The van der Waals surface area contributed by atoms with E-state index in [2.05, 4.69) is 20.4 Å². The molecular formula is C21H21N5O2S. The fourth-order valence-corrected chi connectivity index (χ4v) is 3.94. The zero-order chi connectivity index (χ0) is 20.5. The van der Waals surface area contributed by atoms with Crippen LogP contribution < -0.4 is 10.1 Å². The molecule has 1 N–H and O–H groups in total. The zero-order valence-electron chi connectivity index (χ0n) is 16.7.